The molecule has 22 heavy (non-hydrogen) atoms. The molecular weight excluding hydrogens is 296 g/mol. The summed E-state index contributed by atoms with van der Waals surface area (Å²) in [7, 11) is 0. The van der Waals surface area contributed by atoms with Gasteiger partial charge in [0.2, 0.25) is 0 Å². The molecule has 9 nitrogen and oxygen atoms in total. The summed E-state index contributed by atoms with van der Waals surface area (Å²) in [4.78, 5) is 26.8. The van der Waals surface area contributed by atoms with Gasteiger partial charge in [-0.25, -0.2) is 4.79 Å². The van der Waals surface area contributed by atoms with Crippen molar-refractivity contribution in [2.75, 3.05) is 13.2 Å². The molecule has 3 rings (SSSR count). The minimum Gasteiger partial charge on any atom is -0.441 e. The van der Waals surface area contributed by atoms with Crippen molar-refractivity contribution < 1.29 is 28.9 Å². The van der Waals surface area contributed by atoms with Gasteiger partial charge < -0.3 is 24.4 Å². The van der Waals surface area contributed by atoms with E-state index in [0.29, 0.717) is 0 Å². The molecule has 0 aromatic heterocycles. The van der Waals surface area contributed by atoms with Crippen LogP contribution in [0.15, 0.2) is 0 Å². The minimum absolute atomic E-state index is 0.0560. The third-order valence-corrected chi connectivity index (χ3v) is 4.37. The van der Waals surface area contributed by atoms with Crippen LogP contribution < -0.4 is 5.32 Å². The van der Waals surface area contributed by atoms with Crippen molar-refractivity contribution in [3.63, 3.8) is 0 Å². The maximum atomic E-state index is 11.9. The molecule has 9 heteroatoms. The molecule has 2 aliphatic heterocycles. The van der Waals surface area contributed by atoms with Crippen molar-refractivity contribution in [1.82, 2.24) is 5.32 Å². The lowest BCUT2D eigenvalue weighted by atomic mass is 9.96. The molecule has 0 bridgehead atoms. The van der Waals surface area contributed by atoms with Gasteiger partial charge in [-0.1, -0.05) is 19.3 Å². The van der Waals surface area contributed by atoms with Gasteiger partial charge in [-0.05, 0) is 12.8 Å². The number of alkyl carbamates (subject to hydrolysis) is 1. The highest BCUT2D eigenvalue weighted by Crippen LogP contribution is 2.30. The van der Waals surface area contributed by atoms with Gasteiger partial charge in [0, 0.05) is 6.04 Å². The molecule has 1 aliphatic carbocycles. The maximum Gasteiger partial charge on any atom is 0.407 e. The number of ether oxygens (including phenoxy) is 3. The number of nitrogens with one attached hydrogen (secondary N) is 1. The molecule has 2 heterocycles. The van der Waals surface area contributed by atoms with Crippen LogP contribution in [0.2, 0.25) is 0 Å². The standard InChI is InChI=1S/C13H20N2O7/c16-13(14-8-4-2-1-3-5-8)21-9-6-19-12-10(22-15(17)18)7-20-11(9)12/h8-12H,1-7H2,(H,14,16)/t9-,10+,11+,12+/m0/s1. The molecule has 1 N–H and O–H groups in total. The van der Waals surface area contributed by atoms with Gasteiger partial charge in [-0.2, -0.15) is 0 Å². The number of hydrogen-bond acceptors (Lipinski definition) is 7. The van der Waals surface area contributed by atoms with E-state index >= 15 is 0 Å². The van der Waals surface area contributed by atoms with Crippen LogP contribution >= 0.6 is 0 Å². The second-order valence-electron chi connectivity index (χ2n) is 5.89. The topological polar surface area (TPSA) is 109 Å². The minimum atomic E-state index is -0.857. The van der Waals surface area contributed by atoms with E-state index in [1.54, 1.807) is 0 Å². The lowest BCUT2D eigenvalue weighted by Gasteiger charge is -2.24. The predicted molar refractivity (Wildman–Crippen MR) is 71.6 cm³/mol. The molecule has 0 aromatic rings. The molecule has 1 amide bonds. The Balaban J connectivity index is 1.47. The Labute approximate surface area is 127 Å². The Morgan fingerprint density at radius 1 is 1.09 bits per heavy atom. The number of carbonyl (C=O) groups is 1. The summed E-state index contributed by atoms with van der Waals surface area (Å²) in [5.41, 5.74) is 0. The molecule has 0 unspecified atom stereocenters. The van der Waals surface area contributed by atoms with Gasteiger partial charge in [0.05, 0.1) is 13.2 Å². The van der Waals surface area contributed by atoms with Gasteiger partial charge in [0.1, 0.15) is 12.2 Å². The number of nitrogens with zero attached hydrogens (tertiary/aromatic N) is 1. The first-order valence-electron chi connectivity index (χ1n) is 7.65. The van der Waals surface area contributed by atoms with E-state index in [1.807, 2.05) is 0 Å². The van der Waals surface area contributed by atoms with Gasteiger partial charge in [0.25, 0.3) is 5.09 Å². The monoisotopic (exact) mass is 316 g/mol. The van der Waals surface area contributed by atoms with E-state index in [0.717, 1.165) is 25.7 Å². The van der Waals surface area contributed by atoms with Crippen molar-refractivity contribution in [3.05, 3.63) is 10.1 Å². The van der Waals surface area contributed by atoms with Crippen LogP contribution in [0.4, 0.5) is 4.79 Å². The second-order valence-corrected chi connectivity index (χ2v) is 5.89. The third-order valence-electron chi connectivity index (χ3n) is 4.37. The van der Waals surface area contributed by atoms with Crippen LogP contribution in [-0.2, 0) is 19.0 Å². The van der Waals surface area contributed by atoms with Gasteiger partial charge in [-0.15, -0.1) is 10.1 Å². The first kappa shape index (κ1) is 15.3. The summed E-state index contributed by atoms with van der Waals surface area (Å²) < 4.78 is 16.2. The van der Waals surface area contributed by atoms with Crippen LogP contribution in [0, 0.1) is 10.1 Å². The Morgan fingerprint density at radius 3 is 2.41 bits per heavy atom. The van der Waals surface area contributed by atoms with Crippen molar-refractivity contribution >= 4 is 6.09 Å². The van der Waals surface area contributed by atoms with Crippen LogP contribution in [0.3, 0.4) is 0 Å². The first-order chi connectivity index (χ1) is 10.6. The van der Waals surface area contributed by atoms with Gasteiger partial charge in [-0.3, -0.25) is 0 Å². The molecule has 4 atom stereocenters. The molecule has 3 aliphatic rings. The van der Waals surface area contributed by atoms with E-state index in [-0.39, 0.29) is 19.3 Å². The summed E-state index contributed by atoms with van der Waals surface area (Å²) in [6.45, 7) is 0.214. The maximum absolute atomic E-state index is 11.9. The number of amides is 1. The smallest absolute Gasteiger partial charge is 0.407 e. The van der Waals surface area contributed by atoms with Crippen molar-refractivity contribution in [1.29, 1.82) is 0 Å². The lowest BCUT2D eigenvalue weighted by Crippen LogP contribution is -2.41. The van der Waals surface area contributed by atoms with Crippen LogP contribution in [-0.4, -0.2) is 54.9 Å². The Morgan fingerprint density at radius 2 is 1.73 bits per heavy atom. The normalized spacial score (nSPS) is 34.9. The van der Waals surface area contributed by atoms with Crippen molar-refractivity contribution in [2.24, 2.45) is 0 Å². The summed E-state index contributed by atoms with van der Waals surface area (Å²) in [5, 5.41) is 12.4. The summed E-state index contributed by atoms with van der Waals surface area (Å²) in [6, 6.07) is 0.162. The van der Waals surface area contributed by atoms with Gasteiger partial charge >= 0.3 is 6.09 Å². The zero-order valence-corrected chi connectivity index (χ0v) is 12.1. The molecule has 2 saturated heterocycles. The van der Waals surface area contributed by atoms with Gasteiger partial charge in [0.15, 0.2) is 12.2 Å². The number of fused-ring (bicyclic) bond motifs is 1. The van der Waals surface area contributed by atoms with E-state index in [4.69, 9.17) is 14.2 Å². The highest BCUT2D eigenvalue weighted by atomic mass is 17.0. The third kappa shape index (κ3) is 3.41. The van der Waals surface area contributed by atoms with E-state index in [2.05, 4.69) is 10.2 Å². The Kier molecular flexibility index (Phi) is 4.63. The zero-order chi connectivity index (χ0) is 15.5. The van der Waals surface area contributed by atoms with E-state index < -0.39 is 35.6 Å². The molecule has 1 saturated carbocycles. The summed E-state index contributed by atoms with van der Waals surface area (Å²) in [6.07, 6.45) is 2.48. The fraction of sp³-hybridized carbons (Fsp3) is 0.923. The predicted octanol–water partition coefficient (Wildman–Crippen LogP) is 0.788. The van der Waals surface area contributed by atoms with Crippen LogP contribution in [0.1, 0.15) is 32.1 Å². The molecule has 0 radical (unpaired) electrons. The Hall–Kier alpha value is -1.61. The summed E-state index contributed by atoms with van der Waals surface area (Å²) >= 11 is 0. The number of carbonyl (C=O) groups excluding carboxylic acids is 1. The SMILES string of the molecule is O=C(NC1CCCCC1)O[C@H]1CO[C@H]2[C@@H]1OC[C@H]2O[N+](=O)[O-]. The summed E-state index contributed by atoms with van der Waals surface area (Å²) in [5.74, 6) is 0. The fourth-order valence-corrected chi connectivity index (χ4v) is 3.32. The average molecular weight is 316 g/mol. The van der Waals surface area contributed by atoms with E-state index in [1.165, 1.54) is 6.42 Å². The highest BCUT2D eigenvalue weighted by Gasteiger charge is 2.51. The largest absolute Gasteiger partial charge is 0.441 e. The highest BCUT2D eigenvalue weighted by molar-refractivity contribution is 5.67. The fourth-order valence-electron chi connectivity index (χ4n) is 3.32. The quantitative estimate of drug-likeness (QED) is 0.603. The molecule has 3 fully saturated rings. The van der Waals surface area contributed by atoms with Crippen molar-refractivity contribution in [3.8, 4) is 0 Å². The number of hydrogen-bond donors (Lipinski definition) is 1. The van der Waals surface area contributed by atoms with E-state index in [9.17, 15) is 14.9 Å². The lowest BCUT2D eigenvalue weighted by molar-refractivity contribution is -0.769. The van der Waals surface area contributed by atoms with Crippen LogP contribution in [0.25, 0.3) is 0 Å². The zero-order valence-electron chi connectivity index (χ0n) is 12.1. The average Bonchev–Trinajstić information content (AvgIpc) is 3.04. The second kappa shape index (κ2) is 6.66. The van der Waals surface area contributed by atoms with Crippen molar-refractivity contribution in [2.45, 2.75) is 62.6 Å². The molecule has 0 aromatic carbocycles. The first-order valence-corrected chi connectivity index (χ1v) is 7.65. The number of rotatable bonds is 4. The molecule has 124 valence electrons. The Bertz CT molecular complexity index is 427. The molecular formula is C13H20N2O7. The molecule has 0 spiro atoms. The van der Waals surface area contributed by atoms with Crippen LogP contribution in [0.5, 0.6) is 0 Å².